The number of nitrogens with zero attached hydrogens (tertiary/aromatic N) is 4. The third-order valence-electron chi connectivity index (χ3n) is 9.47. The van der Waals surface area contributed by atoms with E-state index in [1.165, 1.54) is 53.2 Å². The quantitative estimate of drug-likeness (QED) is 0.105. The Bertz CT molecular complexity index is 2320. The number of hydrogen-bond acceptors (Lipinski definition) is 11. The Hall–Kier alpha value is -7.01. The Morgan fingerprint density at radius 2 is 1.19 bits per heavy atom. The van der Waals surface area contributed by atoms with Gasteiger partial charge in [0.25, 0.3) is 11.8 Å². The first-order valence-electron chi connectivity index (χ1n) is 17.5. The zero-order valence-corrected chi connectivity index (χ0v) is 31.0. The van der Waals surface area contributed by atoms with Gasteiger partial charge in [0.15, 0.2) is 23.0 Å². The highest BCUT2D eigenvalue weighted by Gasteiger charge is 2.50. The van der Waals surface area contributed by atoms with Crippen LogP contribution in [-0.2, 0) is 33.8 Å². The van der Waals surface area contributed by atoms with Crippen LogP contribution in [0.1, 0.15) is 43.9 Å². The first-order valence-corrected chi connectivity index (χ1v) is 17.5. The standard InChI is InChI=1S/C23H22F2N4O3.C18H15F2N3O3/c1-29-20(30)23(28-22(29)26,16-7-9-18(10-8-16)32-21(24)25)17-5-2-4-15(12-17)13-27-14-19-6-3-11-31-19;1-23-15(25)18(22-17(23)21,13-4-2-3-11(9-13)10-24)12-5-7-14(8-6-12)26-16(19)20/h2-12,21,27H,13-14H2,1H3,(H2,26,28);2-10,16H,1H3,(H2,21,22). The van der Waals surface area contributed by atoms with Gasteiger partial charge in [0, 0.05) is 26.2 Å². The number of ether oxygens (including phenoxy) is 2. The molecular formula is C41H37F4N7O6. The van der Waals surface area contributed by atoms with Crippen LogP contribution in [0.5, 0.6) is 11.5 Å². The average Bonchev–Trinajstić information content (AvgIpc) is 3.88. The Labute approximate surface area is 329 Å². The number of rotatable bonds is 13. The Morgan fingerprint density at radius 3 is 1.62 bits per heavy atom. The van der Waals surface area contributed by atoms with E-state index in [9.17, 15) is 31.9 Å². The molecule has 300 valence electrons. The highest BCUT2D eigenvalue weighted by atomic mass is 19.3. The molecule has 2 atom stereocenters. The van der Waals surface area contributed by atoms with E-state index in [-0.39, 0.29) is 29.3 Å². The van der Waals surface area contributed by atoms with Crippen LogP contribution in [-0.4, -0.2) is 67.1 Å². The third kappa shape index (κ3) is 8.10. The molecule has 58 heavy (non-hydrogen) atoms. The van der Waals surface area contributed by atoms with E-state index in [1.807, 2.05) is 30.3 Å². The second kappa shape index (κ2) is 17.0. The number of likely N-dealkylation sites (N-methyl/N-ethyl adjacent to an activating group) is 2. The molecule has 0 spiro atoms. The maximum atomic E-state index is 13.3. The van der Waals surface area contributed by atoms with Gasteiger partial charge >= 0.3 is 13.2 Å². The van der Waals surface area contributed by atoms with Gasteiger partial charge in [-0.15, -0.1) is 0 Å². The van der Waals surface area contributed by atoms with Gasteiger partial charge in [-0.1, -0.05) is 66.7 Å². The fourth-order valence-corrected chi connectivity index (χ4v) is 6.61. The smallest absolute Gasteiger partial charge is 0.387 e. The van der Waals surface area contributed by atoms with Crippen LogP contribution in [0.15, 0.2) is 130 Å². The molecule has 0 aliphatic carbocycles. The molecular weight excluding hydrogens is 762 g/mol. The number of alkyl halides is 4. The lowest BCUT2D eigenvalue weighted by molar-refractivity contribution is -0.130. The van der Waals surface area contributed by atoms with Crippen molar-refractivity contribution in [1.82, 2.24) is 15.1 Å². The van der Waals surface area contributed by atoms with Crippen molar-refractivity contribution in [3.63, 3.8) is 0 Å². The minimum absolute atomic E-state index is 0.00877. The second-order valence-corrected chi connectivity index (χ2v) is 13.0. The summed E-state index contributed by atoms with van der Waals surface area (Å²) in [7, 11) is 3.03. The number of carbonyl (C=O) groups is 3. The zero-order chi connectivity index (χ0) is 41.6. The van der Waals surface area contributed by atoms with Gasteiger partial charge in [-0.05, 0) is 70.3 Å². The normalized spacial score (nSPS) is 18.9. The summed E-state index contributed by atoms with van der Waals surface area (Å²) in [6.07, 6.45) is 2.27. The predicted octanol–water partition coefficient (Wildman–Crippen LogP) is 5.33. The maximum Gasteiger partial charge on any atom is 0.387 e. The first kappa shape index (κ1) is 40.6. The number of carbonyl (C=O) groups excluding carboxylic acids is 3. The molecule has 0 bridgehead atoms. The van der Waals surface area contributed by atoms with Gasteiger partial charge in [-0.25, -0.2) is 9.98 Å². The summed E-state index contributed by atoms with van der Waals surface area (Å²) in [5, 5.41) is 3.29. The van der Waals surface area contributed by atoms with Crippen LogP contribution in [0, 0.1) is 0 Å². The fourth-order valence-electron chi connectivity index (χ4n) is 6.61. The molecule has 0 radical (unpaired) electrons. The summed E-state index contributed by atoms with van der Waals surface area (Å²) in [6.45, 7) is -4.80. The Morgan fingerprint density at radius 1 is 0.690 bits per heavy atom. The second-order valence-electron chi connectivity index (χ2n) is 13.0. The van der Waals surface area contributed by atoms with Crippen LogP contribution in [0.4, 0.5) is 17.6 Å². The Balaban J connectivity index is 0.000000200. The number of furan rings is 1. The molecule has 2 unspecified atom stereocenters. The van der Waals surface area contributed by atoms with Crippen LogP contribution in [0.3, 0.4) is 0 Å². The van der Waals surface area contributed by atoms with Crippen molar-refractivity contribution < 1.29 is 45.8 Å². The van der Waals surface area contributed by atoms with Gasteiger partial charge in [-0.3, -0.25) is 24.2 Å². The summed E-state index contributed by atoms with van der Waals surface area (Å²) in [6, 6.07) is 29.0. The molecule has 5 aromatic rings. The number of guanidine groups is 2. The maximum absolute atomic E-state index is 13.3. The van der Waals surface area contributed by atoms with Crippen molar-refractivity contribution in [2.24, 2.45) is 21.5 Å². The monoisotopic (exact) mass is 799 g/mol. The molecule has 4 aromatic carbocycles. The van der Waals surface area contributed by atoms with Gasteiger partial charge in [0.2, 0.25) is 0 Å². The highest BCUT2D eigenvalue weighted by Crippen LogP contribution is 2.41. The van der Waals surface area contributed by atoms with Crippen LogP contribution in [0.2, 0.25) is 0 Å². The summed E-state index contributed by atoms with van der Waals surface area (Å²) in [5.74, 6) is 0.0954. The summed E-state index contributed by atoms with van der Waals surface area (Å²) in [4.78, 5) is 48.8. The lowest BCUT2D eigenvalue weighted by Gasteiger charge is -2.26. The molecule has 3 heterocycles. The lowest BCUT2D eigenvalue weighted by atomic mass is 9.82. The van der Waals surface area contributed by atoms with Crippen molar-refractivity contribution >= 4 is 30.0 Å². The number of aldehydes is 1. The number of halogens is 4. The number of nitrogens with two attached hydrogens (primary N) is 2. The van der Waals surface area contributed by atoms with Crippen LogP contribution >= 0.6 is 0 Å². The average molecular weight is 800 g/mol. The molecule has 13 nitrogen and oxygen atoms in total. The van der Waals surface area contributed by atoms with E-state index in [0.29, 0.717) is 47.2 Å². The van der Waals surface area contributed by atoms with Gasteiger partial charge in [0.05, 0.1) is 12.8 Å². The van der Waals surface area contributed by atoms with Crippen molar-refractivity contribution in [2.45, 2.75) is 37.4 Å². The van der Waals surface area contributed by atoms with Gasteiger partial charge < -0.3 is 30.7 Å². The topological polar surface area (TPSA) is 178 Å². The fraction of sp³-hybridized carbons (Fsp3) is 0.195. The molecule has 5 N–H and O–H groups in total. The van der Waals surface area contributed by atoms with Crippen LogP contribution in [0.25, 0.3) is 0 Å². The van der Waals surface area contributed by atoms with Crippen molar-refractivity contribution in [3.8, 4) is 11.5 Å². The number of aliphatic imine (C=N–C) groups is 2. The molecule has 7 rings (SSSR count). The van der Waals surface area contributed by atoms with E-state index in [0.717, 1.165) is 11.3 Å². The van der Waals surface area contributed by atoms with Gasteiger partial charge in [0.1, 0.15) is 23.5 Å². The van der Waals surface area contributed by atoms with E-state index in [4.69, 9.17) is 15.9 Å². The van der Waals surface area contributed by atoms with Gasteiger partial charge in [-0.2, -0.15) is 17.6 Å². The summed E-state index contributed by atoms with van der Waals surface area (Å²) in [5.41, 5.74) is 12.2. The lowest BCUT2D eigenvalue weighted by Crippen LogP contribution is -2.41. The molecule has 17 heteroatoms. The van der Waals surface area contributed by atoms with E-state index in [1.54, 1.807) is 55.8 Å². The predicted molar refractivity (Wildman–Crippen MR) is 204 cm³/mol. The third-order valence-corrected chi connectivity index (χ3v) is 9.47. The van der Waals surface area contributed by atoms with Crippen molar-refractivity contribution in [1.29, 1.82) is 0 Å². The van der Waals surface area contributed by atoms with Crippen molar-refractivity contribution in [2.75, 3.05) is 14.1 Å². The van der Waals surface area contributed by atoms with E-state index < -0.39 is 30.2 Å². The molecule has 0 saturated carbocycles. The van der Waals surface area contributed by atoms with Crippen molar-refractivity contribution in [3.05, 3.63) is 155 Å². The molecule has 2 aliphatic rings. The Kier molecular flexibility index (Phi) is 11.9. The minimum atomic E-state index is -2.95. The first-order chi connectivity index (χ1) is 27.8. The molecule has 1 aromatic heterocycles. The van der Waals surface area contributed by atoms with Crippen LogP contribution < -0.4 is 26.3 Å². The number of amides is 2. The molecule has 0 saturated heterocycles. The summed E-state index contributed by atoms with van der Waals surface area (Å²) < 4.78 is 63.9. The van der Waals surface area contributed by atoms with E-state index >= 15 is 0 Å². The zero-order valence-electron chi connectivity index (χ0n) is 31.0. The number of nitrogens with one attached hydrogen (secondary N) is 1. The SMILES string of the molecule is CN1C(=O)C(c2ccc(OC(F)F)cc2)(c2cccc(C=O)c2)N=C1N.CN1C(=O)C(c2ccc(OC(F)F)cc2)(c2cccc(CNCc3ccco3)c2)N=C1N. The summed E-state index contributed by atoms with van der Waals surface area (Å²) >= 11 is 0. The molecule has 0 fully saturated rings. The molecule has 2 aliphatic heterocycles. The number of benzene rings is 4. The molecule has 2 amide bonds. The largest absolute Gasteiger partial charge is 0.468 e. The van der Waals surface area contributed by atoms with E-state index in [2.05, 4.69) is 24.8 Å². The number of hydrogen-bond donors (Lipinski definition) is 3. The highest BCUT2D eigenvalue weighted by molar-refractivity contribution is 6.09. The minimum Gasteiger partial charge on any atom is -0.468 e.